The fraction of sp³-hybridized carbons (Fsp3) is 0.529. The van der Waals surface area contributed by atoms with Crippen LogP contribution in [0.4, 0.5) is 36.7 Å². The van der Waals surface area contributed by atoms with E-state index < -0.39 is 11.7 Å². The minimum absolute atomic E-state index is 0.197. The molecule has 2 aliphatic carbocycles. The highest BCUT2D eigenvalue weighted by Gasteiger charge is 2.45. The summed E-state index contributed by atoms with van der Waals surface area (Å²) in [6.45, 7) is 9.56. The van der Waals surface area contributed by atoms with E-state index >= 15 is 0 Å². The minimum atomic E-state index is -4.36. The Kier molecular flexibility index (Phi) is 12.7. The number of halogens is 4. The number of nitrogens with zero attached hydrogens (tertiary/aromatic N) is 12. The van der Waals surface area contributed by atoms with E-state index in [9.17, 15) is 13.2 Å². The van der Waals surface area contributed by atoms with E-state index in [-0.39, 0.29) is 17.9 Å². The third-order valence-corrected chi connectivity index (χ3v) is 15.9. The number of rotatable bonds is 8. The minimum Gasteiger partial charge on any atom is -0.356 e. The number of hydrogen-bond acceptors (Lipinski definition) is 12. The normalized spacial score (nSPS) is 26.3. The quantitative estimate of drug-likeness (QED) is 0.150. The van der Waals surface area contributed by atoms with Crippen LogP contribution in [0.25, 0.3) is 0 Å². The molecule has 2 saturated heterocycles. The van der Waals surface area contributed by atoms with Crippen LogP contribution in [0.15, 0.2) is 73.3 Å². The Morgan fingerprint density at radius 1 is 0.565 bits per heavy atom. The molecule has 6 aliphatic rings. The van der Waals surface area contributed by atoms with Crippen molar-refractivity contribution >= 4 is 35.1 Å². The largest absolute Gasteiger partial charge is 0.416 e. The molecule has 14 nitrogen and oxygen atoms in total. The van der Waals surface area contributed by atoms with E-state index in [4.69, 9.17) is 31.8 Å². The summed E-state index contributed by atoms with van der Waals surface area (Å²) >= 11 is 6.13. The number of benzene rings is 2. The molecule has 2 saturated carbocycles. The predicted octanol–water partition coefficient (Wildman–Crippen LogP) is 9.71. The van der Waals surface area contributed by atoms with Gasteiger partial charge in [-0.2, -0.15) is 23.1 Å². The molecule has 69 heavy (non-hydrogen) atoms. The van der Waals surface area contributed by atoms with Gasteiger partial charge in [0.2, 0.25) is 11.9 Å². The topological polar surface area (TPSA) is 144 Å². The Morgan fingerprint density at radius 2 is 1.04 bits per heavy atom. The molecule has 4 fully saturated rings. The summed E-state index contributed by atoms with van der Waals surface area (Å²) in [6.07, 6.45) is 9.76. The lowest BCUT2D eigenvalue weighted by molar-refractivity contribution is -0.137. The average Bonchev–Trinajstić information content (AvgIpc) is 3.95. The summed E-state index contributed by atoms with van der Waals surface area (Å²) in [4.78, 5) is 32.2. The van der Waals surface area contributed by atoms with E-state index in [1.165, 1.54) is 37.0 Å². The number of aryl methyl sites for hydroxylation is 4. The maximum atomic E-state index is 13.4. The lowest BCUT2D eigenvalue weighted by Crippen LogP contribution is -2.48. The van der Waals surface area contributed by atoms with Crippen LogP contribution >= 0.6 is 11.6 Å². The summed E-state index contributed by atoms with van der Waals surface area (Å²) in [5, 5.41) is 17.9. The molecule has 0 radical (unpaired) electrons. The maximum Gasteiger partial charge on any atom is 0.416 e. The van der Waals surface area contributed by atoms with Gasteiger partial charge in [-0.15, -0.1) is 10.2 Å². The van der Waals surface area contributed by atoms with Gasteiger partial charge in [-0.25, -0.2) is 29.3 Å². The highest BCUT2D eigenvalue weighted by Crippen LogP contribution is 2.43. The Morgan fingerprint density at radius 3 is 1.51 bits per heavy atom. The molecule has 2 N–H and O–H groups in total. The standard InChI is InChI=1S/C26H30F3N7.C25H30ClN7/c1-16-11-22(31-15-30-16)35-13-18-8-9-19(14-35)23(18)32-25-33-24-21(7-2-3-10-36(24)34-25)17-5-4-6-20(12-17)26(27,28)29;1-16-12-22(28-15-27-16)32-13-18-5-6-19(14-32)23(18)29-25-30-24-21(4-2-3-11-33(24)31-25)17-7-9-20(26)10-8-17/h4-6,11-12,15,18-19,21,23H,2-3,7-10,13-14H2,1H3,(H,32,34);7-10,12,15,18-19,21,23H,2-6,11,13-14H2,1H3,(H,29,31)/t18-,19+,21?,23?;18-,19+,21-,23?/m.1/s1. The molecular weight excluding hydrogens is 901 g/mol. The van der Waals surface area contributed by atoms with Crippen LogP contribution in [0.5, 0.6) is 0 Å². The summed E-state index contributed by atoms with van der Waals surface area (Å²) in [5.74, 6) is 7.41. The maximum absolute atomic E-state index is 13.4. The summed E-state index contributed by atoms with van der Waals surface area (Å²) < 4.78 is 44.1. The highest BCUT2D eigenvalue weighted by atomic mass is 35.5. The average molecular weight is 962 g/mol. The number of fused-ring (bicyclic) bond motifs is 6. The summed E-state index contributed by atoms with van der Waals surface area (Å²) in [5.41, 5.74) is 3.30. The van der Waals surface area contributed by atoms with Gasteiger partial charge in [-0.3, -0.25) is 0 Å². The molecule has 6 aromatic rings. The first kappa shape index (κ1) is 45.6. The highest BCUT2D eigenvalue weighted by molar-refractivity contribution is 6.30. The van der Waals surface area contributed by atoms with Gasteiger partial charge in [-0.1, -0.05) is 54.8 Å². The molecule has 4 aliphatic heterocycles. The zero-order valence-corrected chi connectivity index (χ0v) is 40.0. The van der Waals surface area contributed by atoms with Gasteiger partial charge in [0.1, 0.15) is 35.9 Å². The molecular formula is C51H60ClF3N14. The van der Waals surface area contributed by atoms with E-state index in [2.05, 4.69) is 63.3 Å². The van der Waals surface area contributed by atoms with Crippen molar-refractivity contribution in [1.29, 1.82) is 0 Å². The molecule has 3 unspecified atom stereocenters. The van der Waals surface area contributed by atoms with Gasteiger partial charge in [-0.05, 0) is 118 Å². The van der Waals surface area contributed by atoms with Crippen LogP contribution in [0, 0.1) is 37.5 Å². The number of anilines is 4. The van der Waals surface area contributed by atoms with Crippen molar-refractivity contribution in [2.75, 3.05) is 46.6 Å². The Labute approximate surface area is 405 Å². The number of alkyl halides is 3. The van der Waals surface area contributed by atoms with Crippen molar-refractivity contribution in [1.82, 2.24) is 49.5 Å². The van der Waals surface area contributed by atoms with Crippen LogP contribution in [-0.4, -0.2) is 87.7 Å². The van der Waals surface area contributed by atoms with Gasteiger partial charge >= 0.3 is 6.18 Å². The number of piperidine rings is 2. The second kappa shape index (κ2) is 19.2. The van der Waals surface area contributed by atoms with E-state index in [1.54, 1.807) is 18.7 Å². The third kappa shape index (κ3) is 9.72. The predicted molar refractivity (Wildman–Crippen MR) is 260 cm³/mol. The monoisotopic (exact) mass is 960 g/mol. The summed E-state index contributed by atoms with van der Waals surface area (Å²) in [7, 11) is 0. The first-order chi connectivity index (χ1) is 33.5. The molecule has 12 rings (SSSR count). The van der Waals surface area contributed by atoms with Crippen LogP contribution < -0.4 is 20.4 Å². The van der Waals surface area contributed by atoms with Crippen molar-refractivity contribution in [3.05, 3.63) is 118 Å². The lowest BCUT2D eigenvalue weighted by Gasteiger charge is -2.38. The fourth-order valence-corrected chi connectivity index (χ4v) is 12.4. The first-order valence-corrected chi connectivity index (χ1v) is 25.3. The SMILES string of the molecule is Cc1cc(N2C[C@H]3CC[C@@H](C2)C3Nc2nc3n(n2)CCCCC3c2cccc(C(F)(F)F)c2)ncn1.Cc1cc(N2C[C@H]3CC[C@@H](C2)C3Nc2nc3n(n2)CCCC[C@@H]3c2ccc(Cl)cc2)ncn1. The zero-order valence-electron chi connectivity index (χ0n) is 39.2. The van der Waals surface area contributed by atoms with Gasteiger partial charge in [0, 0.05) is 91.7 Å². The second-order valence-corrected chi connectivity index (χ2v) is 20.6. The van der Waals surface area contributed by atoms with Gasteiger partial charge in [0.15, 0.2) is 0 Å². The van der Waals surface area contributed by atoms with Gasteiger partial charge in [0.05, 0.1) is 5.56 Å². The van der Waals surface area contributed by atoms with Crippen molar-refractivity contribution in [2.45, 2.75) is 121 Å². The molecule has 2 aromatic carbocycles. The van der Waals surface area contributed by atoms with E-state index in [0.29, 0.717) is 41.2 Å². The van der Waals surface area contributed by atoms with Crippen LogP contribution in [-0.2, 0) is 19.3 Å². The molecule has 8 heterocycles. The molecule has 8 atom stereocenters. The van der Waals surface area contributed by atoms with Crippen molar-refractivity contribution in [2.24, 2.45) is 23.7 Å². The van der Waals surface area contributed by atoms with Crippen LogP contribution in [0.1, 0.15) is 116 Å². The van der Waals surface area contributed by atoms with Crippen LogP contribution in [0.3, 0.4) is 0 Å². The molecule has 4 bridgehead atoms. The number of aromatic nitrogens is 10. The van der Waals surface area contributed by atoms with E-state index in [1.807, 2.05) is 36.7 Å². The number of hydrogen-bond donors (Lipinski definition) is 2. The number of nitrogens with one attached hydrogen (secondary N) is 2. The van der Waals surface area contributed by atoms with Crippen molar-refractivity contribution < 1.29 is 13.2 Å². The van der Waals surface area contributed by atoms with Gasteiger partial charge < -0.3 is 20.4 Å². The fourth-order valence-electron chi connectivity index (χ4n) is 12.2. The van der Waals surface area contributed by atoms with Crippen molar-refractivity contribution in [3.63, 3.8) is 0 Å². The zero-order chi connectivity index (χ0) is 47.2. The van der Waals surface area contributed by atoms with Crippen LogP contribution in [0.2, 0.25) is 5.02 Å². The Balaban J connectivity index is 0.000000151. The second-order valence-electron chi connectivity index (χ2n) is 20.2. The smallest absolute Gasteiger partial charge is 0.356 e. The molecule has 362 valence electrons. The van der Waals surface area contributed by atoms with Gasteiger partial charge in [0.25, 0.3) is 0 Å². The molecule has 4 aromatic heterocycles. The van der Waals surface area contributed by atoms with Crippen molar-refractivity contribution in [3.8, 4) is 0 Å². The third-order valence-electron chi connectivity index (χ3n) is 15.6. The molecule has 0 spiro atoms. The molecule has 0 amide bonds. The van der Waals surface area contributed by atoms with E-state index in [0.717, 1.165) is 136 Å². The lowest BCUT2D eigenvalue weighted by atomic mass is 9.92. The Hall–Kier alpha value is -5.84. The first-order valence-electron chi connectivity index (χ1n) is 24.9. The molecule has 18 heteroatoms. The Bertz CT molecular complexity index is 2710. The summed E-state index contributed by atoms with van der Waals surface area (Å²) in [6, 6.07) is 18.7.